The van der Waals surface area contributed by atoms with E-state index in [1.165, 1.54) is 0 Å². The fourth-order valence-corrected chi connectivity index (χ4v) is 2.73. The molecular weight excluding hydrogens is 342 g/mol. The molecule has 7 heteroatoms. The zero-order valence-corrected chi connectivity index (χ0v) is 15.6. The minimum atomic E-state index is -0.532. The van der Waals surface area contributed by atoms with Gasteiger partial charge in [-0.15, -0.1) is 0 Å². The number of carbonyl (C=O) groups is 1. The number of hydrogen-bond acceptors (Lipinski definition) is 4. The third-order valence-corrected chi connectivity index (χ3v) is 4.22. The van der Waals surface area contributed by atoms with Crippen molar-refractivity contribution < 1.29 is 4.79 Å². The van der Waals surface area contributed by atoms with Gasteiger partial charge in [0, 0.05) is 23.5 Å². The number of rotatable bonds is 5. The molecule has 0 aliphatic carbocycles. The molecule has 0 bridgehead atoms. The van der Waals surface area contributed by atoms with E-state index in [1.54, 1.807) is 16.9 Å². The Hall–Kier alpha value is -3.22. The maximum atomic E-state index is 12.8. The third-order valence-electron chi connectivity index (χ3n) is 4.22. The number of amides is 1. The lowest BCUT2D eigenvalue weighted by molar-refractivity contribution is 0.0926. The van der Waals surface area contributed by atoms with Crippen molar-refractivity contribution in [2.75, 3.05) is 0 Å². The van der Waals surface area contributed by atoms with Crippen molar-refractivity contribution >= 4 is 5.91 Å². The lowest BCUT2D eigenvalue weighted by Crippen LogP contribution is -2.34. The first-order chi connectivity index (χ1) is 12.8. The molecule has 0 fully saturated rings. The van der Waals surface area contributed by atoms with Gasteiger partial charge in [0.05, 0.1) is 12.6 Å². The van der Waals surface area contributed by atoms with Gasteiger partial charge in [-0.05, 0) is 17.7 Å². The minimum Gasteiger partial charge on any atom is -0.342 e. The molecule has 1 aromatic carbocycles. The molecule has 0 unspecified atom stereocenters. The van der Waals surface area contributed by atoms with Crippen LogP contribution < -0.4 is 11.0 Å². The van der Waals surface area contributed by atoms with Crippen molar-refractivity contribution in [1.29, 1.82) is 0 Å². The molecule has 3 rings (SSSR count). The van der Waals surface area contributed by atoms with Gasteiger partial charge in [0.15, 0.2) is 0 Å². The molecule has 0 saturated carbocycles. The summed E-state index contributed by atoms with van der Waals surface area (Å²) in [6, 6.07) is 12.8. The molecule has 3 aromatic rings. The van der Waals surface area contributed by atoms with E-state index in [0.717, 1.165) is 5.56 Å². The summed E-state index contributed by atoms with van der Waals surface area (Å²) in [7, 11) is 0. The molecular formula is C20H23N5O2. The molecule has 0 radical (unpaired) electrons. The maximum absolute atomic E-state index is 12.8. The number of hydrogen-bond donors (Lipinski definition) is 2. The summed E-state index contributed by atoms with van der Waals surface area (Å²) in [5, 5.41) is 7.20. The predicted octanol–water partition coefficient (Wildman–Crippen LogP) is 2.44. The van der Waals surface area contributed by atoms with Gasteiger partial charge < -0.3 is 10.3 Å². The molecule has 0 aliphatic heterocycles. The average Bonchev–Trinajstić information content (AvgIpc) is 3.13. The SMILES string of the molecule is CC(C)(C)c1cc(C(=O)N[C@H](Cn2cccn2)c2ccccc2)nc(=O)[nH]1. The Morgan fingerprint density at radius 3 is 2.59 bits per heavy atom. The van der Waals surface area contributed by atoms with Crippen molar-refractivity contribution in [2.24, 2.45) is 0 Å². The monoisotopic (exact) mass is 365 g/mol. The zero-order chi connectivity index (χ0) is 19.4. The van der Waals surface area contributed by atoms with Crippen LogP contribution >= 0.6 is 0 Å². The number of aromatic amines is 1. The molecule has 2 heterocycles. The van der Waals surface area contributed by atoms with Crippen LogP contribution in [-0.4, -0.2) is 25.7 Å². The van der Waals surface area contributed by atoms with Crippen LogP contribution in [0.25, 0.3) is 0 Å². The van der Waals surface area contributed by atoms with Gasteiger partial charge in [-0.1, -0.05) is 51.1 Å². The highest BCUT2D eigenvalue weighted by molar-refractivity contribution is 5.92. The highest BCUT2D eigenvalue weighted by atomic mass is 16.2. The standard InChI is InChI=1S/C20H23N5O2/c1-20(2,3)17-12-15(23-19(27)24-17)18(26)22-16(13-25-11-7-10-21-25)14-8-5-4-6-9-14/h4-12,16H,13H2,1-3H3,(H,22,26)(H,23,24,27)/t16-/m1/s1. The Bertz CT molecular complexity index is 956. The summed E-state index contributed by atoms with van der Waals surface area (Å²) in [4.78, 5) is 31.3. The second kappa shape index (κ2) is 7.57. The van der Waals surface area contributed by atoms with Crippen LogP contribution in [0.4, 0.5) is 0 Å². The molecule has 1 amide bonds. The van der Waals surface area contributed by atoms with Crippen LogP contribution in [0.2, 0.25) is 0 Å². The van der Waals surface area contributed by atoms with Crippen LogP contribution in [0.15, 0.2) is 59.7 Å². The fraction of sp³-hybridized carbons (Fsp3) is 0.300. The number of carbonyl (C=O) groups excluding carboxylic acids is 1. The number of H-pyrrole nitrogens is 1. The lowest BCUT2D eigenvalue weighted by atomic mass is 9.91. The summed E-state index contributed by atoms with van der Waals surface area (Å²) in [5.41, 5.74) is 0.879. The molecule has 27 heavy (non-hydrogen) atoms. The molecule has 2 aromatic heterocycles. The first-order valence-corrected chi connectivity index (χ1v) is 8.78. The molecule has 2 N–H and O–H groups in total. The van der Waals surface area contributed by atoms with Gasteiger partial charge in [0.2, 0.25) is 0 Å². The van der Waals surface area contributed by atoms with Gasteiger partial charge in [-0.3, -0.25) is 9.48 Å². The smallest absolute Gasteiger partial charge is 0.342 e. The van der Waals surface area contributed by atoms with Crippen molar-refractivity contribution in [2.45, 2.75) is 38.8 Å². The molecule has 0 spiro atoms. The van der Waals surface area contributed by atoms with E-state index in [1.807, 2.05) is 63.4 Å². The molecule has 140 valence electrons. The molecule has 7 nitrogen and oxygen atoms in total. The lowest BCUT2D eigenvalue weighted by Gasteiger charge is -2.21. The number of nitrogens with one attached hydrogen (secondary N) is 2. The van der Waals surface area contributed by atoms with Crippen molar-refractivity contribution in [1.82, 2.24) is 25.1 Å². The first-order valence-electron chi connectivity index (χ1n) is 8.78. The second-order valence-corrected chi connectivity index (χ2v) is 7.40. The summed E-state index contributed by atoms with van der Waals surface area (Å²) in [5.74, 6) is -0.396. The van der Waals surface area contributed by atoms with Gasteiger partial charge in [-0.25, -0.2) is 4.79 Å². The highest BCUT2D eigenvalue weighted by Crippen LogP contribution is 2.20. The van der Waals surface area contributed by atoms with Gasteiger partial charge in [0.25, 0.3) is 5.91 Å². The summed E-state index contributed by atoms with van der Waals surface area (Å²) >= 11 is 0. The van der Waals surface area contributed by atoms with Gasteiger partial charge in [0.1, 0.15) is 5.69 Å². The van der Waals surface area contributed by atoms with Crippen LogP contribution in [0.3, 0.4) is 0 Å². The van der Waals surface area contributed by atoms with E-state index in [2.05, 4.69) is 20.4 Å². The van der Waals surface area contributed by atoms with Crippen LogP contribution in [-0.2, 0) is 12.0 Å². The largest absolute Gasteiger partial charge is 0.345 e. The Labute approximate surface area is 157 Å². The quantitative estimate of drug-likeness (QED) is 0.726. The first kappa shape index (κ1) is 18.6. The normalized spacial score (nSPS) is 12.6. The van der Waals surface area contributed by atoms with Crippen molar-refractivity contribution in [3.8, 4) is 0 Å². The Kier molecular flexibility index (Phi) is 5.21. The van der Waals surface area contributed by atoms with Crippen LogP contribution in [0.1, 0.15) is 48.6 Å². The maximum Gasteiger partial charge on any atom is 0.345 e. The predicted molar refractivity (Wildman–Crippen MR) is 102 cm³/mol. The Balaban J connectivity index is 1.88. The molecule has 0 saturated heterocycles. The minimum absolute atomic E-state index is 0.102. The Morgan fingerprint density at radius 2 is 1.96 bits per heavy atom. The van der Waals surface area contributed by atoms with E-state index in [-0.39, 0.29) is 17.2 Å². The van der Waals surface area contributed by atoms with Crippen molar-refractivity contribution in [3.05, 3.63) is 82.3 Å². The van der Waals surface area contributed by atoms with Crippen LogP contribution in [0, 0.1) is 0 Å². The summed E-state index contributed by atoms with van der Waals surface area (Å²) < 4.78 is 1.75. The number of nitrogens with zero attached hydrogens (tertiary/aromatic N) is 3. The van der Waals surface area contributed by atoms with E-state index in [0.29, 0.717) is 12.2 Å². The fourth-order valence-electron chi connectivity index (χ4n) is 2.73. The summed E-state index contributed by atoms with van der Waals surface area (Å²) in [6.07, 6.45) is 3.53. The second-order valence-electron chi connectivity index (χ2n) is 7.40. The Morgan fingerprint density at radius 1 is 1.22 bits per heavy atom. The molecule has 0 aliphatic rings. The van der Waals surface area contributed by atoms with Gasteiger partial charge >= 0.3 is 5.69 Å². The van der Waals surface area contributed by atoms with E-state index < -0.39 is 11.6 Å². The van der Waals surface area contributed by atoms with E-state index in [4.69, 9.17) is 0 Å². The van der Waals surface area contributed by atoms with Gasteiger partial charge in [-0.2, -0.15) is 10.1 Å². The zero-order valence-electron chi connectivity index (χ0n) is 15.6. The van der Waals surface area contributed by atoms with Crippen molar-refractivity contribution in [3.63, 3.8) is 0 Å². The van der Waals surface area contributed by atoms with Crippen LogP contribution in [0.5, 0.6) is 0 Å². The number of benzene rings is 1. The summed E-state index contributed by atoms with van der Waals surface area (Å²) in [6.45, 7) is 6.36. The number of aromatic nitrogens is 4. The highest BCUT2D eigenvalue weighted by Gasteiger charge is 2.21. The third kappa shape index (κ3) is 4.69. The van der Waals surface area contributed by atoms with E-state index >= 15 is 0 Å². The molecule has 1 atom stereocenters. The average molecular weight is 365 g/mol. The topological polar surface area (TPSA) is 92.7 Å². The van der Waals surface area contributed by atoms with E-state index in [9.17, 15) is 9.59 Å².